The average molecular weight is 441 g/mol. The van der Waals surface area contributed by atoms with Gasteiger partial charge in [-0.25, -0.2) is 13.1 Å². The van der Waals surface area contributed by atoms with Crippen molar-refractivity contribution in [1.29, 1.82) is 5.26 Å². The Morgan fingerprint density at radius 1 is 1.03 bits per heavy atom. The number of nitrogens with zero attached hydrogens (tertiary/aromatic N) is 2. The van der Waals surface area contributed by atoms with E-state index in [9.17, 15) is 8.42 Å². The lowest BCUT2D eigenvalue weighted by Crippen LogP contribution is -2.40. The molecule has 0 atom stereocenters. The van der Waals surface area contributed by atoms with Crippen LogP contribution in [0.2, 0.25) is 5.02 Å². The van der Waals surface area contributed by atoms with Crippen LogP contribution in [0.3, 0.4) is 0 Å². The highest BCUT2D eigenvalue weighted by Crippen LogP contribution is 2.28. The number of benzene rings is 2. The molecule has 1 aromatic heterocycles. The summed E-state index contributed by atoms with van der Waals surface area (Å²) >= 11 is 6.06. The maximum atomic E-state index is 12.7. The van der Waals surface area contributed by atoms with E-state index in [1.807, 2.05) is 30.3 Å². The van der Waals surface area contributed by atoms with Gasteiger partial charge in [0.1, 0.15) is 0 Å². The van der Waals surface area contributed by atoms with Gasteiger partial charge in [0.15, 0.2) is 0 Å². The van der Waals surface area contributed by atoms with Gasteiger partial charge >= 0.3 is 0 Å². The molecular formula is C22H21ClN4O2S. The number of rotatable bonds is 5. The number of anilines is 1. The first-order valence-corrected chi connectivity index (χ1v) is 11.6. The minimum absolute atomic E-state index is 0.119. The molecule has 2 N–H and O–H groups in total. The van der Waals surface area contributed by atoms with E-state index in [1.165, 1.54) is 12.1 Å². The number of fused-ring (bicyclic) bond motifs is 1. The van der Waals surface area contributed by atoms with Gasteiger partial charge in [-0.2, -0.15) is 5.26 Å². The molecule has 154 valence electrons. The highest BCUT2D eigenvalue weighted by atomic mass is 35.5. The number of pyridine rings is 1. The molecule has 1 fully saturated rings. The molecule has 0 unspecified atom stereocenters. The average Bonchev–Trinajstić information content (AvgIpc) is 2.75. The highest BCUT2D eigenvalue weighted by Gasteiger charge is 2.26. The Balaban J connectivity index is 1.39. The molecule has 0 radical (unpaired) electrons. The van der Waals surface area contributed by atoms with E-state index >= 15 is 0 Å². The van der Waals surface area contributed by atoms with Gasteiger partial charge in [0.2, 0.25) is 10.0 Å². The zero-order chi connectivity index (χ0) is 21.1. The van der Waals surface area contributed by atoms with Crippen LogP contribution in [0.15, 0.2) is 59.6 Å². The van der Waals surface area contributed by atoms with Crippen LogP contribution in [0, 0.1) is 11.3 Å². The third-order valence-electron chi connectivity index (χ3n) is 5.39. The monoisotopic (exact) mass is 440 g/mol. The van der Waals surface area contributed by atoms with Gasteiger partial charge < -0.3 is 5.32 Å². The summed E-state index contributed by atoms with van der Waals surface area (Å²) in [5.74, 6) is 0. The summed E-state index contributed by atoms with van der Waals surface area (Å²) < 4.78 is 28.1. The Hall–Kier alpha value is -2.66. The first-order valence-electron chi connectivity index (χ1n) is 9.78. The highest BCUT2D eigenvalue weighted by molar-refractivity contribution is 7.89. The molecule has 0 amide bonds. The van der Waals surface area contributed by atoms with Crippen molar-refractivity contribution >= 4 is 38.2 Å². The Bertz CT molecular complexity index is 1220. The molecule has 4 rings (SSSR count). The van der Waals surface area contributed by atoms with E-state index in [1.54, 1.807) is 18.3 Å². The van der Waals surface area contributed by atoms with Crippen LogP contribution in [0.1, 0.15) is 31.2 Å². The van der Waals surface area contributed by atoms with E-state index < -0.39 is 10.0 Å². The molecule has 1 saturated carbocycles. The van der Waals surface area contributed by atoms with Crippen LogP contribution in [0.5, 0.6) is 0 Å². The topological polar surface area (TPSA) is 94.9 Å². The lowest BCUT2D eigenvalue weighted by atomic mass is 9.91. The van der Waals surface area contributed by atoms with Crippen LogP contribution in [-0.2, 0) is 10.0 Å². The second-order valence-electron chi connectivity index (χ2n) is 7.47. The van der Waals surface area contributed by atoms with Gasteiger partial charge in [-0.1, -0.05) is 17.7 Å². The molecular weight excluding hydrogens is 420 g/mol. The molecule has 1 aliphatic carbocycles. The van der Waals surface area contributed by atoms with Crippen molar-refractivity contribution < 1.29 is 8.42 Å². The summed E-state index contributed by atoms with van der Waals surface area (Å²) in [5, 5.41) is 14.2. The van der Waals surface area contributed by atoms with E-state index in [-0.39, 0.29) is 17.0 Å². The number of sulfonamides is 1. The number of hydrogen-bond acceptors (Lipinski definition) is 5. The molecule has 0 spiro atoms. The maximum Gasteiger partial charge on any atom is 0.240 e. The van der Waals surface area contributed by atoms with Crippen LogP contribution in [0.25, 0.3) is 10.9 Å². The maximum absolute atomic E-state index is 12.7. The second-order valence-corrected chi connectivity index (χ2v) is 9.62. The number of nitriles is 1. The zero-order valence-electron chi connectivity index (χ0n) is 16.2. The van der Waals surface area contributed by atoms with Gasteiger partial charge in [0, 0.05) is 34.4 Å². The van der Waals surface area contributed by atoms with E-state index in [4.69, 9.17) is 16.9 Å². The minimum atomic E-state index is -3.64. The quantitative estimate of drug-likeness (QED) is 0.610. The van der Waals surface area contributed by atoms with Crippen molar-refractivity contribution in [3.8, 4) is 6.07 Å². The van der Waals surface area contributed by atoms with Crippen molar-refractivity contribution in [3.05, 3.63) is 65.3 Å². The summed E-state index contributed by atoms with van der Waals surface area (Å²) in [7, 11) is -3.64. The Labute approximate surface area is 180 Å². The normalized spacial score (nSPS) is 19.3. The summed E-state index contributed by atoms with van der Waals surface area (Å²) in [4.78, 5) is 4.50. The van der Waals surface area contributed by atoms with Crippen molar-refractivity contribution in [2.24, 2.45) is 0 Å². The summed E-state index contributed by atoms with van der Waals surface area (Å²) in [6.07, 6.45) is 4.94. The summed E-state index contributed by atoms with van der Waals surface area (Å²) in [6.45, 7) is 0. The molecule has 1 heterocycles. The molecule has 0 bridgehead atoms. The molecule has 6 nitrogen and oxygen atoms in total. The molecule has 8 heteroatoms. The molecule has 1 aliphatic rings. The molecule has 30 heavy (non-hydrogen) atoms. The third kappa shape index (κ3) is 4.57. The Morgan fingerprint density at radius 3 is 2.57 bits per heavy atom. The van der Waals surface area contributed by atoms with Gasteiger partial charge in [0.05, 0.1) is 22.0 Å². The van der Waals surface area contributed by atoms with Gasteiger partial charge in [0.25, 0.3) is 0 Å². The Kier molecular flexibility index (Phi) is 5.91. The first-order chi connectivity index (χ1) is 14.4. The minimum Gasteiger partial charge on any atom is -0.382 e. The first kappa shape index (κ1) is 20.6. The lowest BCUT2D eigenvalue weighted by molar-refractivity contribution is 0.387. The van der Waals surface area contributed by atoms with Crippen LogP contribution >= 0.6 is 11.6 Å². The number of halogens is 1. The molecule has 0 saturated heterocycles. The smallest absolute Gasteiger partial charge is 0.240 e. The van der Waals surface area contributed by atoms with E-state index in [0.29, 0.717) is 10.6 Å². The third-order valence-corrected chi connectivity index (χ3v) is 7.14. The molecule has 3 aromatic rings. The fourth-order valence-electron chi connectivity index (χ4n) is 3.84. The Morgan fingerprint density at radius 2 is 1.80 bits per heavy atom. The van der Waals surface area contributed by atoms with Crippen LogP contribution < -0.4 is 10.0 Å². The number of aromatic nitrogens is 1. The standard InChI is InChI=1S/C22H21ClN4O2S/c23-16-4-9-20-21(10-11-25-22(20)13-16)26-17-5-7-18(8-6-17)27-30(28,29)19-3-1-2-15(12-19)14-24/h1-4,9-13,17-18,27H,5-8H2,(H,25,26)/t17-,18+. The number of nitrogens with one attached hydrogen (secondary N) is 2. The fraction of sp³-hybridized carbons (Fsp3) is 0.273. The van der Waals surface area contributed by atoms with Crippen LogP contribution in [0.4, 0.5) is 5.69 Å². The van der Waals surface area contributed by atoms with Crippen molar-refractivity contribution in [3.63, 3.8) is 0 Å². The van der Waals surface area contributed by atoms with E-state index in [0.717, 1.165) is 42.3 Å². The van der Waals surface area contributed by atoms with E-state index in [2.05, 4.69) is 15.0 Å². The summed E-state index contributed by atoms with van der Waals surface area (Å²) in [6, 6.07) is 15.8. The fourth-order valence-corrected chi connectivity index (χ4v) is 5.36. The summed E-state index contributed by atoms with van der Waals surface area (Å²) in [5.41, 5.74) is 2.18. The predicted molar refractivity (Wildman–Crippen MR) is 118 cm³/mol. The second kappa shape index (κ2) is 8.60. The SMILES string of the molecule is N#Cc1cccc(S(=O)(=O)N[C@H]2CC[C@@H](Nc3ccnc4cc(Cl)ccc34)CC2)c1. The lowest BCUT2D eigenvalue weighted by Gasteiger charge is -2.30. The van der Waals surface area contributed by atoms with Crippen molar-refractivity contribution in [2.75, 3.05) is 5.32 Å². The predicted octanol–water partition coefficient (Wildman–Crippen LogP) is 4.46. The molecule has 2 aromatic carbocycles. The van der Waals surface area contributed by atoms with Crippen molar-refractivity contribution in [1.82, 2.24) is 9.71 Å². The zero-order valence-corrected chi connectivity index (χ0v) is 17.7. The van der Waals surface area contributed by atoms with Crippen molar-refractivity contribution in [2.45, 2.75) is 42.7 Å². The van der Waals surface area contributed by atoms with Crippen LogP contribution in [-0.4, -0.2) is 25.5 Å². The number of hydrogen-bond donors (Lipinski definition) is 2. The molecule has 0 aliphatic heterocycles. The van der Waals surface area contributed by atoms with Gasteiger partial charge in [-0.05, 0) is 68.1 Å². The van der Waals surface area contributed by atoms with Gasteiger partial charge in [-0.3, -0.25) is 4.98 Å². The largest absolute Gasteiger partial charge is 0.382 e. The van der Waals surface area contributed by atoms with Gasteiger partial charge in [-0.15, -0.1) is 0 Å².